The highest BCUT2D eigenvalue weighted by molar-refractivity contribution is 5.93. The Kier molecular flexibility index (Phi) is 3.16. The summed E-state index contributed by atoms with van der Waals surface area (Å²) in [5, 5.41) is 8.46. The molecule has 3 nitrogen and oxygen atoms in total. The monoisotopic (exact) mass is 231 g/mol. The molecular weight excluding hydrogens is 221 g/mol. The summed E-state index contributed by atoms with van der Waals surface area (Å²) < 4.78 is 13.5. The number of carbonyl (C=O) groups excluding carboxylic acids is 1. The van der Waals surface area contributed by atoms with E-state index in [0.29, 0.717) is 16.7 Å². The average molecular weight is 231 g/mol. The predicted octanol–water partition coefficient (Wildman–Crippen LogP) is 2.61. The predicted molar refractivity (Wildman–Crippen MR) is 61.1 cm³/mol. The molecule has 0 saturated carbocycles. The molecule has 0 aliphatic rings. The average Bonchev–Trinajstić information content (AvgIpc) is 2.39. The Bertz CT molecular complexity index is 537. The molecule has 0 saturated heterocycles. The SMILES string of the molecule is O=C(NO)c1ccc(-c2ccccc2F)cc1. The Balaban J connectivity index is 2.36. The fourth-order valence-electron chi connectivity index (χ4n) is 1.56. The largest absolute Gasteiger partial charge is 0.288 e. The molecule has 2 rings (SSSR count). The number of rotatable bonds is 2. The van der Waals surface area contributed by atoms with Crippen LogP contribution in [0.15, 0.2) is 48.5 Å². The van der Waals surface area contributed by atoms with Crippen molar-refractivity contribution in [3.05, 3.63) is 59.9 Å². The molecule has 1 amide bonds. The van der Waals surface area contributed by atoms with Gasteiger partial charge in [-0.2, -0.15) is 0 Å². The Labute approximate surface area is 97.5 Å². The van der Waals surface area contributed by atoms with Crippen molar-refractivity contribution in [2.24, 2.45) is 0 Å². The van der Waals surface area contributed by atoms with E-state index >= 15 is 0 Å². The molecule has 86 valence electrons. The van der Waals surface area contributed by atoms with E-state index in [-0.39, 0.29) is 5.82 Å². The summed E-state index contributed by atoms with van der Waals surface area (Å²) in [6.07, 6.45) is 0. The van der Waals surface area contributed by atoms with Crippen LogP contribution in [0.2, 0.25) is 0 Å². The number of hydrogen-bond donors (Lipinski definition) is 2. The van der Waals surface area contributed by atoms with Crippen molar-refractivity contribution in [1.29, 1.82) is 0 Å². The van der Waals surface area contributed by atoms with Crippen LogP contribution in [0.1, 0.15) is 10.4 Å². The van der Waals surface area contributed by atoms with E-state index in [1.54, 1.807) is 30.3 Å². The van der Waals surface area contributed by atoms with Crippen LogP contribution in [0.3, 0.4) is 0 Å². The van der Waals surface area contributed by atoms with Crippen molar-refractivity contribution in [2.75, 3.05) is 0 Å². The number of hydroxylamine groups is 1. The van der Waals surface area contributed by atoms with Crippen LogP contribution in [0.25, 0.3) is 11.1 Å². The Morgan fingerprint density at radius 1 is 1.06 bits per heavy atom. The minimum Gasteiger partial charge on any atom is -0.288 e. The molecule has 2 aromatic rings. The maximum absolute atomic E-state index is 13.5. The number of carbonyl (C=O) groups is 1. The van der Waals surface area contributed by atoms with Gasteiger partial charge in [0.05, 0.1) is 0 Å². The summed E-state index contributed by atoms with van der Waals surface area (Å²) >= 11 is 0. The molecule has 0 aromatic heterocycles. The quantitative estimate of drug-likeness (QED) is 0.616. The number of benzene rings is 2. The zero-order valence-corrected chi connectivity index (χ0v) is 8.85. The van der Waals surface area contributed by atoms with Crippen LogP contribution in [-0.2, 0) is 0 Å². The standard InChI is InChI=1S/C13H10FNO2/c14-12-4-2-1-3-11(12)9-5-7-10(8-6-9)13(16)15-17/h1-8,17H,(H,15,16). The van der Waals surface area contributed by atoms with Gasteiger partial charge in [-0.15, -0.1) is 0 Å². The molecule has 0 aliphatic carbocycles. The van der Waals surface area contributed by atoms with Gasteiger partial charge in [0.25, 0.3) is 5.91 Å². The molecule has 0 spiro atoms. The molecule has 0 atom stereocenters. The van der Waals surface area contributed by atoms with Gasteiger partial charge in [-0.1, -0.05) is 30.3 Å². The van der Waals surface area contributed by atoms with Crippen molar-refractivity contribution in [2.45, 2.75) is 0 Å². The second-order valence-corrected chi connectivity index (χ2v) is 3.50. The van der Waals surface area contributed by atoms with Gasteiger partial charge >= 0.3 is 0 Å². The van der Waals surface area contributed by atoms with Crippen LogP contribution in [0, 0.1) is 5.82 Å². The summed E-state index contributed by atoms with van der Waals surface area (Å²) in [6, 6.07) is 12.7. The van der Waals surface area contributed by atoms with Crippen LogP contribution < -0.4 is 5.48 Å². The smallest absolute Gasteiger partial charge is 0.274 e. The van der Waals surface area contributed by atoms with Gasteiger partial charge < -0.3 is 0 Å². The minimum absolute atomic E-state index is 0.313. The van der Waals surface area contributed by atoms with Gasteiger partial charge in [-0.05, 0) is 23.8 Å². The van der Waals surface area contributed by atoms with E-state index in [4.69, 9.17) is 5.21 Å². The van der Waals surface area contributed by atoms with E-state index in [9.17, 15) is 9.18 Å². The molecule has 0 aliphatic heterocycles. The van der Waals surface area contributed by atoms with Gasteiger partial charge in [-0.3, -0.25) is 10.0 Å². The van der Waals surface area contributed by atoms with E-state index in [2.05, 4.69) is 0 Å². The summed E-state index contributed by atoms with van der Waals surface area (Å²) in [6.45, 7) is 0. The number of amides is 1. The lowest BCUT2D eigenvalue weighted by Crippen LogP contribution is -2.18. The summed E-state index contributed by atoms with van der Waals surface area (Å²) in [5.41, 5.74) is 3.01. The molecule has 0 unspecified atom stereocenters. The topological polar surface area (TPSA) is 49.3 Å². The molecule has 0 fully saturated rings. The molecule has 0 radical (unpaired) electrons. The molecule has 2 aromatic carbocycles. The van der Waals surface area contributed by atoms with Crippen molar-refractivity contribution in [3.8, 4) is 11.1 Å². The third-order valence-electron chi connectivity index (χ3n) is 2.43. The molecule has 4 heteroatoms. The zero-order chi connectivity index (χ0) is 12.3. The number of nitrogens with one attached hydrogen (secondary N) is 1. The first-order chi connectivity index (χ1) is 8.22. The summed E-state index contributed by atoms with van der Waals surface area (Å²) in [7, 11) is 0. The van der Waals surface area contributed by atoms with E-state index in [0.717, 1.165) is 0 Å². The lowest BCUT2D eigenvalue weighted by Gasteiger charge is -2.04. The maximum Gasteiger partial charge on any atom is 0.274 e. The van der Waals surface area contributed by atoms with Crippen molar-refractivity contribution < 1.29 is 14.4 Å². The molecule has 2 N–H and O–H groups in total. The van der Waals surface area contributed by atoms with Gasteiger partial charge in [0.2, 0.25) is 0 Å². The molecule has 17 heavy (non-hydrogen) atoms. The van der Waals surface area contributed by atoms with E-state index < -0.39 is 5.91 Å². The highest BCUT2D eigenvalue weighted by Gasteiger charge is 2.06. The van der Waals surface area contributed by atoms with Gasteiger partial charge in [0.1, 0.15) is 5.82 Å². The maximum atomic E-state index is 13.5. The Hall–Kier alpha value is -2.20. The van der Waals surface area contributed by atoms with Gasteiger partial charge in [0.15, 0.2) is 0 Å². The second-order valence-electron chi connectivity index (χ2n) is 3.50. The number of halogens is 1. The van der Waals surface area contributed by atoms with Crippen LogP contribution >= 0.6 is 0 Å². The van der Waals surface area contributed by atoms with Crippen LogP contribution in [-0.4, -0.2) is 11.1 Å². The number of hydrogen-bond acceptors (Lipinski definition) is 2. The Morgan fingerprint density at radius 3 is 2.29 bits per heavy atom. The van der Waals surface area contributed by atoms with Crippen molar-refractivity contribution in [3.63, 3.8) is 0 Å². The zero-order valence-electron chi connectivity index (χ0n) is 8.85. The third-order valence-corrected chi connectivity index (χ3v) is 2.43. The van der Waals surface area contributed by atoms with E-state index in [1.807, 2.05) is 0 Å². The van der Waals surface area contributed by atoms with Crippen molar-refractivity contribution >= 4 is 5.91 Å². The van der Waals surface area contributed by atoms with Crippen LogP contribution in [0.4, 0.5) is 4.39 Å². The molecule has 0 heterocycles. The highest BCUT2D eigenvalue weighted by Crippen LogP contribution is 2.22. The summed E-state index contributed by atoms with van der Waals surface area (Å²) in [5.74, 6) is -0.906. The first-order valence-corrected chi connectivity index (χ1v) is 5.02. The third kappa shape index (κ3) is 2.32. The highest BCUT2D eigenvalue weighted by atomic mass is 19.1. The lowest BCUT2D eigenvalue weighted by atomic mass is 10.0. The molecule has 0 bridgehead atoms. The van der Waals surface area contributed by atoms with Gasteiger partial charge in [0, 0.05) is 11.1 Å². The van der Waals surface area contributed by atoms with E-state index in [1.165, 1.54) is 23.7 Å². The lowest BCUT2D eigenvalue weighted by molar-refractivity contribution is 0.0706. The minimum atomic E-state index is -0.593. The van der Waals surface area contributed by atoms with Gasteiger partial charge in [-0.25, -0.2) is 9.87 Å². The van der Waals surface area contributed by atoms with Crippen LogP contribution in [0.5, 0.6) is 0 Å². The Morgan fingerprint density at radius 2 is 1.71 bits per heavy atom. The summed E-state index contributed by atoms with van der Waals surface area (Å²) in [4.78, 5) is 11.1. The molecular formula is C13H10FNO2. The fraction of sp³-hybridized carbons (Fsp3) is 0. The fourth-order valence-corrected chi connectivity index (χ4v) is 1.56. The van der Waals surface area contributed by atoms with Crippen molar-refractivity contribution in [1.82, 2.24) is 5.48 Å². The second kappa shape index (κ2) is 4.76. The first-order valence-electron chi connectivity index (χ1n) is 5.02. The first kappa shape index (κ1) is 11.3. The normalized spacial score (nSPS) is 10.0.